The number of anilines is 1. The minimum atomic E-state index is -3.59. The molecule has 0 spiro atoms. The number of hydrogen-bond acceptors (Lipinski definition) is 5. The molecule has 0 fully saturated rings. The van der Waals surface area contributed by atoms with E-state index in [4.69, 9.17) is 4.74 Å². The molecule has 0 aliphatic rings. The Morgan fingerprint density at radius 3 is 2.13 bits per heavy atom. The van der Waals surface area contributed by atoms with E-state index < -0.39 is 21.9 Å². The molecule has 31 heavy (non-hydrogen) atoms. The molecule has 0 aromatic heterocycles. The predicted octanol–water partition coefficient (Wildman–Crippen LogP) is 3.85. The first-order valence-corrected chi connectivity index (χ1v) is 11.8. The molecule has 0 heterocycles. The highest BCUT2D eigenvalue weighted by atomic mass is 32.2. The summed E-state index contributed by atoms with van der Waals surface area (Å²) < 4.78 is 30.3. The number of hydrogen-bond donors (Lipinski definition) is 2. The molecule has 7 nitrogen and oxygen atoms in total. The third-order valence-electron chi connectivity index (χ3n) is 4.92. The molecule has 2 unspecified atom stereocenters. The van der Waals surface area contributed by atoms with E-state index in [-0.39, 0.29) is 28.6 Å². The first-order chi connectivity index (χ1) is 14.3. The quantitative estimate of drug-likeness (QED) is 0.629. The Morgan fingerprint density at radius 2 is 1.61 bits per heavy atom. The van der Waals surface area contributed by atoms with Crippen LogP contribution in [0.4, 0.5) is 5.69 Å². The van der Waals surface area contributed by atoms with E-state index >= 15 is 0 Å². The molecule has 0 radical (unpaired) electrons. The molecule has 0 aliphatic heterocycles. The number of methoxy groups -OCH3 is 1. The molecule has 8 heteroatoms. The van der Waals surface area contributed by atoms with Gasteiger partial charge < -0.3 is 10.1 Å². The summed E-state index contributed by atoms with van der Waals surface area (Å²) >= 11 is 0. The minimum absolute atomic E-state index is 0.0421. The zero-order valence-corrected chi connectivity index (χ0v) is 19.5. The van der Waals surface area contributed by atoms with E-state index in [1.54, 1.807) is 13.0 Å². The van der Waals surface area contributed by atoms with Gasteiger partial charge in [-0.25, -0.2) is 13.2 Å². The summed E-state index contributed by atoms with van der Waals surface area (Å²) in [4.78, 5) is 25.3. The predicted molar refractivity (Wildman–Crippen MR) is 121 cm³/mol. The summed E-state index contributed by atoms with van der Waals surface area (Å²) in [6.07, 6.45) is 0.994. The average Bonchev–Trinajstić information content (AvgIpc) is 2.69. The summed E-state index contributed by atoms with van der Waals surface area (Å²) in [6, 6.07) is 14.1. The van der Waals surface area contributed by atoms with Crippen molar-refractivity contribution in [2.45, 2.75) is 39.7 Å². The lowest BCUT2D eigenvalue weighted by atomic mass is 9.82. The van der Waals surface area contributed by atoms with Crippen LogP contribution in [0.3, 0.4) is 0 Å². The Bertz CT molecular complexity index is 1040. The Hall–Kier alpha value is -2.87. The Labute approximate surface area is 184 Å². The van der Waals surface area contributed by atoms with Crippen molar-refractivity contribution < 1.29 is 22.7 Å². The van der Waals surface area contributed by atoms with Gasteiger partial charge in [-0.05, 0) is 35.6 Å². The van der Waals surface area contributed by atoms with Gasteiger partial charge in [-0.3, -0.25) is 9.52 Å². The number of ether oxygens (including phenoxy) is 1. The summed E-state index contributed by atoms with van der Waals surface area (Å²) in [5.74, 6) is -1.48. The zero-order chi connectivity index (χ0) is 23.4. The number of sulfonamides is 1. The van der Waals surface area contributed by atoms with Gasteiger partial charge in [-0.15, -0.1) is 0 Å². The lowest BCUT2D eigenvalue weighted by molar-refractivity contribution is -0.123. The van der Waals surface area contributed by atoms with Crippen LogP contribution in [-0.2, 0) is 19.6 Å². The molecule has 0 bridgehead atoms. The molecule has 2 atom stereocenters. The van der Waals surface area contributed by atoms with Gasteiger partial charge in [-0.1, -0.05) is 57.2 Å². The normalized spacial score (nSPS) is 13.7. The molecule has 2 aromatic rings. The number of nitrogens with one attached hydrogen (secondary N) is 2. The Balaban J connectivity index is 2.35. The topological polar surface area (TPSA) is 102 Å². The number of esters is 1. The fraction of sp³-hybridized carbons (Fsp3) is 0.391. The van der Waals surface area contributed by atoms with E-state index in [1.165, 1.54) is 19.2 Å². The Kier molecular flexibility index (Phi) is 7.49. The van der Waals surface area contributed by atoms with Gasteiger partial charge in [-0.2, -0.15) is 0 Å². The zero-order valence-electron chi connectivity index (χ0n) is 18.7. The molecular formula is C23H30N2O5S. The van der Waals surface area contributed by atoms with Crippen molar-refractivity contribution in [1.82, 2.24) is 5.32 Å². The van der Waals surface area contributed by atoms with Crippen LogP contribution < -0.4 is 10.0 Å². The molecule has 0 saturated carbocycles. The van der Waals surface area contributed by atoms with E-state index in [1.807, 2.05) is 30.3 Å². The number of benzene rings is 2. The Morgan fingerprint density at radius 1 is 1.00 bits per heavy atom. The number of rotatable bonds is 7. The van der Waals surface area contributed by atoms with Crippen LogP contribution in [0, 0.1) is 5.41 Å². The number of amides is 1. The second kappa shape index (κ2) is 9.51. The molecule has 0 aliphatic carbocycles. The van der Waals surface area contributed by atoms with Gasteiger partial charge in [0, 0.05) is 0 Å². The largest absolute Gasteiger partial charge is 0.465 e. The van der Waals surface area contributed by atoms with Crippen molar-refractivity contribution in [1.29, 1.82) is 0 Å². The van der Waals surface area contributed by atoms with Crippen LogP contribution in [0.25, 0.3) is 0 Å². The SMILES string of the molecule is COC(=O)c1cc(C(C)C(=O)NC(c2ccccc2)C(C)(C)C)ccc1NS(C)(=O)=O. The summed E-state index contributed by atoms with van der Waals surface area (Å²) in [5.41, 5.74) is 1.48. The molecule has 2 rings (SSSR count). The second-order valence-electron chi connectivity index (χ2n) is 8.61. The van der Waals surface area contributed by atoms with Crippen LogP contribution in [0.2, 0.25) is 0 Å². The lowest BCUT2D eigenvalue weighted by Gasteiger charge is -2.33. The molecule has 0 saturated heterocycles. The average molecular weight is 447 g/mol. The molecule has 168 valence electrons. The summed E-state index contributed by atoms with van der Waals surface area (Å²) in [6.45, 7) is 7.89. The van der Waals surface area contributed by atoms with Gasteiger partial charge in [0.2, 0.25) is 15.9 Å². The highest BCUT2D eigenvalue weighted by molar-refractivity contribution is 7.92. The number of carbonyl (C=O) groups excluding carboxylic acids is 2. The van der Waals surface area contributed by atoms with Crippen LogP contribution in [0.15, 0.2) is 48.5 Å². The fourth-order valence-electron chi connectivity index (χ4n) is 3.26. The maximum Gasteiger partial charge on any atom is 0.340 e. The third-order valence-corrected chi connectivity index (χ3v) is 5.51. The van der Waals surface area contributed by atoms with Crippen molar-refractivity contribution in [2.24, 2.45) is 5.41 Å². The highest BCUT2D eigenvalue weighted by Crippen LogP contribution is 2.33. The van der Waals surface area contributed by atoms with Crippen LogP contribution in [0.1, 0.15) is 61.1 Å². The maximum atomic E-state index is 13.1. The van der Waals surface area contributed by atoms with Crippen LogP contribution in [0.5, 0.6) is 0 Å². The summed E-state index contributed by atoms with van der Waals surface area (Å²) in [5, 5.41) is 3.12. The molecule has 2 N–H and O–H groups in total. The van der Waals surface area contributed by atoms with Crippen molar-refractivity contribution >= 4 is 27.6 Å². The second-order valence-corrected chi connectivity index (χ2v) is 10.4. The van der Waals surface area contributed by atoms with E-state index in [9.17, 15) is 18.0 Å². The minimum Gasteiger partial charge on any atom is -0.465 e. The van der Waals surface area contributed by atoms with Crippen molar-refractivity contribution in [3.8, 4) is 0 Å². The number of carbonyl (C=O) groups is 2. The first-order valence-electron chi connectivity index (χ1n) is 9.89. The van der Waals surface area contributed by atoms with Gasteiger partial charge in [0.05, 0.1) is 36.6 Å². The molecular weight excluding hydrogens is 416 g/mol. The molecule has 1 amide bonds. The van der Waals surface area contributed by atoms with E-state index in [0.717, 1.165) is 11.8 Å². The van der Waals surface area contributed by atoms with Crippen molar-refractivity contribution in [3.05, 3.63) is 65.2 Å². The van der Waals surface area contributed by atoms with Crippen LogP contribution >= 0.6 is 0 Å². The smallest absolute Gasteiger partial charge is 0.340 e. The highest BCUT2D eigenvalue weighted by Gasteiger charge is 2.30. The summed E-state index contributed by atoms with van der Waals surface area (Å²) in [7, 11) is -2.38. The van der Waals surface area contributed by atoms with E-state index in [0.29, 0.717) is 5.56 Å². The molecule has 2 aromatic carbocycles. The van der Waals surface area contributed by atoms with Gasteiger partial charge in [0.1, 0.15) is 0 Å². The fourth-order valence-corrected chi connectivity index (χ4v) is 3.84. The van der Waals surface area contributed by atoms with Crippen molar-refractivity contribution in [3.63, 3.8) is 0 Å². The van der Waals surface area contributed by atoms with E-state index in [2.05, 4.69) is 30.8 Å². The van der Waals surface area contributed by atoms with Gasteiger partial charge in [0.15, 0.2) is 0 Å². The maximum absolute atomic E-state index is 13.1. The van der Waals surface area contributed by atoms with Gasteiger partial charge >= 0.3 is 5.97 Å². The lowest BCUT2D eigenvalue weighted by Crippen LogP contribution is -2.38. The first kappa shape index (κ1) is 24.4. The standard InChI is InChI=1S/C23H30N2O5S/c1-15(21(26)24-20(23(2,3)4)16-10-8-7-9-11-16)17-12-13-19(25-31(6,28)29)18(14-17)22(27)30-5/h7-15,20,25H,1-6H3,(H,24,26). The van der Waals surface area contributed by atoms with Crippen LogP contribution in [-0.4, -0.2) is 33.7 Å². The monoisotopic (exact) mass is 446 g/mol. The van der Waals surface area contributed by atoms with Crippen molar-refractivity contribution in [2.75, 3.05) is 18.1 Å². The third kappa shape index (κ3) is 6.55. The van der Waals surface area contributed by atoms with Gasteiger partial charge in [0.25, 0.3) is 0 Å².